The van der Waals surface area contributed by atoms with E-state index in [4.69, 9.17) is 33.2 Å². The van der Waals surface area contributed by atoms with Crippen molar-refractivity contribution in [3.05, 3.63) is 23.8 Å². The smallest absolute Gasteiger partial charge is 0.468 e. The normalized spacial score (nSPS) is 12.9. The molecule has 0 radical (unpaired) electrons. The van der Waals surface area contributed by atoms with Crippen LogP contribution in [-0.4, -0.2) is 68.5 Å². The molecule has 1 aromatic rings. The van der Waals surface area contributed by atoms with E-state index in [0.29, 0.717) is 5.56 Å². The van der Waals surface area contributed by atoms with E-state index in [1.165, 1.54) is 19.2 Å². The molecule has 12 nitrogen and oxygen atoms in total. The van der Waals surface area contributed by atoms with Crippen molar-refractivity contribution in [2.24, 2.45) is 5.92 Å². The van der Waals surface area contributed by atoms with Crippen molar-refractivity contribution in [1.29, 1.82) is 0 Å². The van der Waals surface area contributed by atoms with Gasteiger partial charge >= 0.3 is 24.4 Å². The molecule has 0 aliphatic carbocycles. The zero-order valence-corrected chi connectivity index (χ0v) is 24.9. The third kappa shape index (κ3) is 14.6. The summed E-state index contributed by atoms with van der Waals surface area (Å²) in [4.78, 5) is 48.7. The van der Waals surface area contributed by atoms with Gasteiger partial charge in [0, 0.05) is 6.54 Å². The maximum absolute atomic E-state index is 12.4. The Hall–Kier alpha value is -3.54. The predicted octanol–water partition coefficient (Wildman–Crippen LogP) is 5.19. The minimum Gasteiger partial charge on any atom is -0.468 e. The van der Waals surface area contributed by atoms with Crippen molar-refractivity contribution < 1.29 is 52.3 Å². The number of methoxy groups -OCH3 is 1. The molecule has 1 rings (SSSR count). The van der Waals surface area contributed by atoms with E-state index in [2.05, 4.69) is 5.32 Å². The summed E-state index contributed by atoms with van der Waals surface area (Å²) in [5, 5.41) is 2.97. The number of nitrogens with one attached hydrogen (secondary N) is 1. The van der Waals surface area contributed by atoms with Crippen LogP contribution < -0.4 is 14.8 Å². The van der Waals surface area contributed by atoms with Gasteiger partial charge in [-0.25, -0.2) is 14.4 Å². The number of benzene rings is 1. The molecule has 40 heavy (non-hydrogen) atoms. The highest BCUT2D eigenvalue weighted by molar-refractivity contribution is 5.76. The molecule has 0 aromatic heterocycles. The highest BCUT2D eigenvalue weighted by atomic mass is 16.8. The largest absolute Gasteiger partial charge is 0.514 e. The SMILES string of the molecule is CCC(C)COC(=O)OCCN[C@@H](Cc1ccc(OC(=O)OC(C)(C)C)c(OC(=O)OC(C)(C)C)c1)C(=O)OC. The second kappa shape index (κ2) is 15.9. The minimum atomic E-state index is -1.02. The molecule has 0 saturated heterocycles. The first-order valence-electron chi connectivity index (χ1n) is 13.1. The molecule has 0 aliphatic rings. The summed E-state index contributed by atoms with van der Waals surface area (Å²) in [6, 6.07) is 3.59. The minimum absolute atomic E-state index is 0.0392. The van der Waals surface area contributed by atoms with Crippen LogP contribution >= 0.6 is 0 Å². The van der Waals surface area contributed by atoms with Crippen LogP contribution in [0.4, 0.5) is 14.4 Å². The standard InChI is InChI=1S/C28H43NO11/c1-10-18(2)17-36-24(31)35-14-13-29-20(23(30)34-9)15-19-11-12-21(37-25(32)39-27(3,4)5)22(16-19)38-26(33)40-28(6,7)8/h11-12,16,18,20,29H,10,13-15,17H2,1-9H3/t18?,20-/m0/s1. The van der Waals surface area contributed by atoms with Crippen LogP contribution in [0.1, 0.15) is 67.4 Å². The van der Waals surface area contributed by atoms with E-state index >= 15 is 0 Å². The molecular formula is C28H43NO11. The fourth-order valence-corrected chi connectivity index (χ4v) is 2.92. The lowest BCUT2D eigenvalue weighted by Crippen LogP contribution is -2.41. The van der Waals surface area contributed by atoms with Gasteiger partial charge in [-0.3, -0.25) is 4.79 Å². The summed E-state index contributed by atoms with van der Waals surface area (Å²) in [6.07, 6.45) is -1.83. The molecule has 0 aliphatic heterocycles. The lowest BCUT2D eigenvalue weighted by Gasteiger charge is -2.21. The third-order valence-corrected chi connectivity index (χ3v) is 4.99. The molecule has 0 fully saturated rings. The number of hydrogen-bond acceptors (Lipinski definition) is 12. The van der Waals surface area contributed by atoms with Crippen molar-refractivity contribution in [2.45, 2.75) is 85.5 Å². The average Bonchev–Trinajstić information content (AvgIpc) is 2.82. The van der Waals surface area contributed by atoms with Crippen LogP contribution in [0.5, 0.6) is 11.5 Å². The van der Waals surface area contributed by atoms with Gasteiger partial charge in [0.25, 0.3) is 0 Å². The Morgan fingerprint density at radius 2 is 1.43 bits per heavy atom. The Kier molecular flexibility index (Phi) is 13.7. The van der Waals surface area contributed by atoms with Gasteiger partial charge in [-0.1, -0.05) is 26.3 Å². The zero-order chi connectivity index (χ0) is 30.5. The van der Waals surface area contributed by atoms with E-state index in [9.17, 15) is 19.2 Å². The molecule has 1 N–H and O–H groups in total. The molecule has 0 saturated carbocycles. The Morgan fingerprint density at radius 3 is 1.95 bits per heavy atom. The fraction of sp³-hybridized carbons (Fsp3) is 0.643. The van der Waals surface area contributed by atoms with E-state index in [1.54, 1.807) is 47.6 Å². The monoisotopic (exact) mass is 569 g/mol. The van der Waals surface area contributed by atoms with E-state index in [0.717, 1.165) is 6.42 Å². The molecule has 2 atom stereocenters. The second-order valence-corrected chi connectivity index (χ2v) is 11.1. The van der Waals surface area contributed by atoms with Crippen LogP contribution in [0.25, 0.3) is 0 Å². The molecule has 1 unspecified atom stereocenters. The highest BCUT2D eigenvalue weighted by Gasteiger charge is 2.25. The van der Waals surface area contributed by atoms with Gasteiger partial charge < -0.3 is 38.5 Å². The quantitative estimate of drug-likeness (QED) is 0.153. The average molecular weight is 570 g/mol. The number of esters is 1. The molecule has 0 heterocycles. The van der Waals surface area contributed by atoms with Gasteiger partial charge in [-0.2, -0.15) is 0 Å². The van der Waals surface area contributed by atoms with Gasteiger partial charge in [-0.15, -0.1) is 0 Å². The summed E-state index contributed by atoms with van der Waals surface area (Å²) in [6.45, 7) is 14.3. The van der Waals surface area contributed by atoms with Gasteiger partial charge in [0.1, 0.15) is 23.9 Å². The summed E-state index contributed by atoms with van der Waals surface area (Å²) in [7, 11) is 1.24. The summed E-state index contributed by atoms with van der Waals surface area (Å²) < 4.78 is 35.9. The van der Waals surface area contributed by atoms with Crippen molar-refractivity contribution in [1.82, 2.24) is 5.32 Å². The van der Waals surface area contributed by atoms with Gasteiger partial charge in [0.05, 0.1) is 13.7 Å². The van der Waals surface area contributed by atoms with Crippen LogP contribution in [0.15, 0.2) is 18.2 Å². The third-order valence-electron chi connectivity index (χ3n) is 4.99. The maximum atomic E-state index is 12.4. The molecule has 12 heteroatoms. The Balaban J connectivity index is 2.99. The Bertz CT molecular complexity index is 995. The van der Waals surface area contributed by atoms with Crippen molar-refractivity contribution in [3.63, 3.8) is 0 Å². The first-order chi connectivity index (χ1) is 18.5. The number of carbonyl (C=O) groups excluding carboxylic acids is 4. The summed E-state index contributed by atoms with van der Waals surface area (Å²) in [5.41, 5.74) is -1.10. The van der Waals surface area contributed by atoms with Gasteiger partial charge in [0.2, 0.25) is 0 Å². The number of rotatable bonds is 12. The van der Waals surface area contributed by atoms with Crippen molar-refractivity contribution in [3.8, 4) is 11.5 Å². The topological polar surface area (TPSA) is 145 Å². The van der Waals surface area contributed by atoms with Gasteiger partial charge in [-0.05, 0) is 71.6 Å². The van der Waals surface area contributed by atoms with Crippen LogP contribution in [0.3, 0.4) is 0 Å². The van der Waals surface area contributed by atoms with Crippen molar-refractivity contribution in [2.75, 3.05) is 26.9 Å². The number of ether oxygens (including phenoxy) is 7. The Labute approximate surface area is 235 Å². The zero-order valence-electron chi connectivity index (χ0n) is 24.9. The summed E-state index contributed by atoms with van der Waals surface area (Å²) in [5.74, 6) is -0.549. The summed E-state index contributed by atoms with van der Waals surface area (Å²) >= 11 is 0. The van der Waals surface area contributed by atoms with Gasteiger partial charge in [0.15, 0.2) is 11.5 Å². The highest BCUT2D eigenvalue weighted by Crippen LogP contribution is 2.31. The van der Waals surface area contributed by atoms with E-state index in [1.807, 2.05) is 13.8 Å². The predicted molar refractivity (Wildman–Crippen MR) is 144 cm³/mol. The number of hydrogen-bond donors (Lipinski definition) is 1. The fourth-order valence-electron chi connectivity index (χ4n) is 2.92. The number of carbonyl (C=O) groups is 4. The van der Waals surface area contributed by atoms with Crippen LogP contribution in [0.2, 0.25) is 0 Å². The Morgan fingerprint density at radius 1 is 0.850 bits per heavy atom. The molecule has 226 valence electrons. The molecule has 0 bridgehead atoms. The van der Waals surface area contributed by atoms with Crippen molar-refractivity contribution >= 4 is 24.4 Å². The molecular weight excluding hydrogens is 526 g/mol. The second-order valence-electron chi connectivity index (χ2n) is 11.1. The maximum Gasteiger partial charge on any atom is 0.514 e. The molecule has 0 spiro atoms. The molecule has 0 amide bonds. The van der Waals surface area contributed by atoms with E-state index < -0.39 is 41.7 Å². The first kappa shape index (κ1) is 34.5. The first-order valence-corrected chi connectivity index (χ1v) is 13.1. The lowest BCUT2D eigenvalue weighted by atomic mass is 10.1. The van der Waals surface area contributed by atoms with Crippen LogP contribution in [0, 0.1) is 5.92 Å². The lowest BCUT2D eigenvalue weighted by molar-refractivity contribution is -0.143. The molecule has 1 aromatic carbocycles. The van der Waals surface area contributed by atoms with E-state index in [-0.39, 0.29) is 43.6 Å². The van der Waals surface area contributed by atoms with Crippen LogP contribution in [-0.2, 0) is 34.9 Å².